The van der Waals surface area contributed by atoms with Crippen molar-refractivity contribution in [2.75, 3.05) is 31.1 Å². The molecule has 1 saturated heterocycles. The highest BCUT2D eigenvalue weighted by Gasteiger charge is 2.19. The van der Waals surface area contributed by atoms with Gasteiger partial charge in [0.25, 0.3) is 0 Å². The molecule has 1 amide bonds. The molecule has 26 heavy (non-hydrogen) atoms. The minimum Gasteiger partial charge on any atom is -0.368 e. The Bertz CT molecular complexity index is 749. The second-order valence-electron chi connectivity index (χ2n) is 7.85. The first-order chi connectivity index (χ1) is 12.4. The Labute approximate surface area is 156 Å². The normalized spacial score (nSPS) is 15.5. The largest absolute Gasteiger partial charge is 0.368 e. The van der Waals surface area contributed by atoms with E-state index in [4.69, 9.17) is 0 Å². The van der Waals surface area contributed by atoms with Crippen LogP contribution in [-0.2, 0) is 10.2 Å². The lowest BCUT2D eigenvalue weighted by Gasteiger charge is -2.35. The molecule has 2 aromatic carbocycles. The lowest BCUT2D eigenvalue weighted by atomic mass is 9.87. The Morgan fingerprint density at radius 3 is 2.08 bits per heavy atom. The topological polar surface area (TPSA) is 23.6 Å². The Morgan fingerprint density at radius 2 is 1.50 bits per heavy atom. The van der Waals surface area contributed by atoms with Gasteiger partial charge in [0.1, 0.15) is 0 Å². The van der Waals surface area contributed by atoms with Crippen LogP contribution in [0.15, 0.2) is 60.7 Å². The number of rotatable bonds is 3. The van der Waals surface area contributed by atoms with E-state index < -0.39 is 0 Å². The van der Waals surface area contributed by atoms with E-state index >= 15 is 0 Å². The zero-order valence-electron chi connectivity index (χ0n) is 16.0. The van der Waals surface area contributed by atoms with E-state index in [0.29, 0.717) is 0 Å². The highest BCUT2D eigenvalue weighted by Crippen LogP contribution is 2.22. The fourth-order valence-corrected chi connectivity index (χ4v) is 3.19. The summed E-state index contributed by atoms with van der Waals surface area (Å²) in [5.41, 5.74) is 3.75. The molecule has 3 rings (SSSR count). The van der Waals surface area contributed by atoms with Crippen molar-refractivity contribution >= 4 is 17.7 Å². The Kier molecular flexibility index (Phi) is 5.46. The summed E-state index contributed by atoms with van der Waals surface area (Å²) in [7, 11) is 0. The Hall–Kier alpha value is -2.55. The van der Waals surface area contributed by atoms with Gasteiger partial charge in [0, 0.05) is 37.9 Å². The molecule has 0 N–H and O–H groups in total. The summed E-state index contributed by atoms with van der Waals surface area (Å²) in [6.45, 7) is 9.90. The molecule has 3 heteroatoms. The number of amides is 1. The quantitative estimate of drug-likeness (QED) is 0.770. The monoisotopic (exact) mass is 348 g/mol. The van der Waals surface area contributed by atoms with Crippen molar-refractivity contribution < 1.29 is 4.79 Å². The number of benzene rings is 2. The van der Waals surface area contributed by atoms with Gasteiger partial charge in [0.15, 0.2) is 0 Å². The molecular formula is C23H28N2O. The Balaban J connectivity index is 1.55. The maximum absolute atomic E-state index is 12.5. The molecule has 3 nitrogen and oxygen atoms in total. The second kappa shape index (κ2) is 7.77. The lowest BCUT2D eigenvalue weighted by Crippen LogP contribution is -2.48. The SMILES string of the molecule is CC(C)(C)c1ccc(/C=C/C(=O)N2CCN(c3ccccc3)CC2)cc1. The van der Waals surface area contributed by atoms with Gasteiger partial charge >= 0.3 is 0 Å². The molecular weight excluding hydrogens is 320 g/mol. The molecule has 1 fully saturated rings. The highest BCUT2D eigenvalue weighted by atomic mass is 16.2. The van der Waals surface area contributed by atoms with Crippen LogP contribution >= 0.6 is 0 Å². The van der Waals surface area contributed by atoms with Crippen molar-refractivity contribution in [3.63, 3.8) is 0 Å². The number of hydrogen-bond acceptors (Lipinski definition) is 2. The number of anilines is 1. The van der Waals surface area contributed by atoms with Crippen molar-refractivity contribution in [2.24, 2.45) is 0 Å². The number of piperazine rings is 1. The average molecular weight is 348 g/mol. The van der Waals surface area contributed by atoms with Crippen molar-refractivity contribution in [1.29, 1.82) is 0 Å². The van der Waals surface area contributed by atoms with Crippen LogP contribution in [0.25, 0.3) is 6.08 Å². The first-order valence-corrected chi connectivity index (χ1v) is 9.31. The average Bonchev–Trinajstić information content (AvgIpc) is 2.66. The summed E-state index contributed by atoms with van der Waals surface area (Å²) in [5, 5.41) is 0. The zero-order valence-corrected chi connectivity index (χ0v) is 16.0. The van der Waals surface area contributed by atoms with Gasteiger partial charge in [-0.05, 0) is 34.8 Å². The molecule has 0 unspecified atom stereocenters. The van der Waals surface area contributed by atoms with E-state index in [-0.39, 0.29) is 11.3 Å². The smallest absolute Gasteiger partial charge is 0.246 e. The predicted octanol–water partition coefficient (Wildman–Crippen LogP) is 4.35. The van der Waals surface area contributed by atoms with Gasteiger partial charge in [0.05, 0.1) is 0 Å². The lowest BCUT2D eigenvalue weighted by molar-refractivity contribution is -0.126. The molecule has 0 atom stereocenters. The number of para-hydroxylation sites is 1. The van der Waals surface area contributed by atoms with Gasteiger partial charge in [0.2, 0.25) is 5.91 Å². The molecule has 0 aromatic heterocycles. The summed E-state index contributed by atoms with van der Waals surface area (Å²) in [6, 6.07) is 18.8. The minimum atomic E-state index is 0.0950. The summed E-state index contributed by atoms with van der Waals surface area (Å²) >= 11 is 0. The van der Waals surface area contributed by atoms with Gasteiger partial charge in [-0.1, -0.05) is 63.2 Å². The summed E-state index contributed by atoms with van der Waals surface area (Å²) in [4.78, 5) is 16.7. The third-order valence-electron chi connectivity index (χ3n) is 4.91. The zero-order chi connectivity index (χ0) is 18.6. The summed E-state index contributed by atoms with van der Waals surface area (Å²) in [6.07, 6.45) is 3.61. The predicted molar refractivity (Wildman–Crippen MR) is 109 cm³/mol. The maximum Gasteiger partial charge on any atom is 0.246 e. The molecule has 1 aliphatic heterocycles. The maximum atomic E-state index is 12.5. The van der Waals surface area contributed by atoms with E-state index in [2.05, 4.69) is 74.2 Å². The molecule has 0 radical (unpaired) electrons. The molecule has 0 aliphatic carbocycles. The highest BCUT2D eigenvalue weighted by molar-refractivity contribution is 5.92. The van der Waals surface area contributed by atoms with Crippen molar-refractivity contribution in [2.45, 2.75) is 26.2 Å². The van der Waals surface area contributed by atoms with Gasteiger partial charge < -0.3 is 9.80 Å². The van der Waals surface area contributed by atoms with Crippen LogP contribution < -0.4 is 4.90 Å². The molecule has 136 valence electrons. The van der Waals surface area contributed by atoms with Crippen LogP contribution in [0.4, 0.5) is 5.69 Å². The number of hydrogen-bond donors (Lipinski definition) is 0. The Morgan fingerprint density at radius 1 is 0.885 bits per heavy atom. The van der Waals surface area contributed by atoms with Crippen molar-refractivity contribution in [3.8, 4) is 0 Å². The second-order valence-corrected chi connectivity index (χ2v) is 7.85. The van der Waals surface area contributed by atoms with Crippen LogP contribution in [0.3, 0.4) is 0 Å². The third-order valence-corrected chi connectivity index (χ3v) is 4.91. The third kappa shape index (κ3) is 4.54. The molecule has 2 aromatic rings. The fourth-order valence-electron chi connectivity index (χ4n) is 3.19. The molecule has 0 spiro atoms. The summed E-state index contributed by atoms with van der Waals surface area (Å²) in [5.74, 6) is 0.0950. The van der Waals surface area contributed by atoms with Crippen LogP contribution in [-0.4, -0.2) is 37.0 Å². The van der Waals surface area contributed by atoms with Crippen LogP contribution in [0, 0.1) is 0 Å². The van der Waals surface area contributed by atoms with Crippen molar-refractivity contribution in [1.82, 2.24) is 4.90 Å². The molecule has 0 saturated carbocycles. The minimum absolute atomic E-state index is 0.0950. The van der Waals surface area contributed by atoms with Gasteiger partial charge in [-0.2, -0.15) is 0 Å². The molecule has 0 bridgehead atoms. The summed E-state index contributed by atoms with van der Waals surface area (Å²) < 4.78 is 0. The molecule has 1 aliphatic rings. The first-order valence-electron chi connectivity index (χ1n) is 9.31. The fraction of sp³-hybridized carbons (Fsp3) is 0.348. The van der Waals surface area contributed by atoms with Crippen LogP contribution in [0.5, 0.6) is 0 Å². The number of carbonyl (C=O) groups excluding carboxylic acids is 1. The van der Waals surface area contributed by atoms with E-state index in [1.54, 1.807) is 6.08 Å². The van der Waals surface area contributed by atoms with E-state index in [1.807, 2.05) is 17.0 Å². The first kappa shape index (κ1) is 18.2. The van der Waals surface area contributed by atoms with Gasteiger partial charge in [-0.15, -0.1) is 0 Å². The van der Waals surface area contributed by atoms with Crippen LogP contribution in [0.1, 0.15) is 31.9 Å². The molecule has 1 heterocycles. The van der Waals surface area contributed by atoms with Gasteiger partial charge in [-0.25, -0.2) is 0 Å². The van der Waals surface area contributed by atoms with E-state index in [9.17, 15) is 4.79 Å². The van der Waals surface area contributed by atoms with Crippen molar-refractivity contribution in [3.05, 3.63) is 71.8 Å². The van der Waals surface area contributed by atoms with Gasteiger partial charge in [-0.3, -0.25) is 4.79 Å². The van der Waals surface area contributed by atoms with E-state index in [1.165, 1.54) is 11.3 Å². The standard InChI is InChI=1S/C23H28N2O/c1-23(2,3)20-12-9-19(10-13-20)11-14-22(26)25-17-15-24(16-18-25)21-7-5-4-6-8-21/h4-14H,15-18H2,1-3H3/b14-11+. The van der Waals surface area contributed by atoms with E-state index in [0.717, 1.165) is 31.7 Å². The van der Waals surface area contributed by atoms with Crippen LogP contribution in [0.2, 0.25) is 0 Å². The number of carbonyl (C=O) groups is 1. The number of nitrogens with zero attached hydrogens (tertiary/aromatic N) is 2.